The van der Waals surface area contributed by atoms with E-state index in [4.69, 9.17) is 4.42 Å². The van der Waals surface area contributed by atoms with Crippen LogP contribution in [0.15, 0.2) is 253 Å². The molecule has 2 heteroatoms. The second kappa shape index (κ2) is 16.1. The average molecular weight is 792 g/mol. The van der Waals surface area contributed by atoms with E-state index >= 15 is 0 Å². The predicted octanol–water partition coefficient (Wildman–Crippen LogP) is 17.1. The summed E-state index contributed by atoms with van der Waals surface area (Å²) in [6.45, 7) is 0. The molecule has 0 spiro atoms. The van der Waals surface area contributed by atoms with Crippen molar-refractivity contribution in [3.05, 3.63) is 249 Å². The zero-order valence-corrected chi connectivity index (χ0v) is 34.0. The molecule has 292 valence electrons. The molecule has 0 amide bonds. The topological polar surface area (TPSA) is 16.4 Å². The third-order valence-corrected chi connectivity index (χ3v) is 11.9. The van der Waals surface area contributed by atoms with Crippen molar-refractivity contribution >= 4 is 39.0 Å². The molecule has 0 radical (unpaired) electrons. The fraction of sp³-hybridized carbons (Fsp3) is 0. The fourth-order valence-electron chi connectivity index (χ4n) is 8.97. The van der Waals surface area contributed by atoms with Gasteiger partial charge in [0.2, 0.25) is 0 Å². The van der Waals surface area contributed by atoms with E-state index in [-0.39, 0.29) is 0 Å². The highest BCUT2D eigenvalue weighted by molar-refractivity contribution is 6.06. The van der Waals surface area contributed by atoms with Crippen LogP contribution in [0.5, 0.6) is 0 Å². The Labute approximate surface area is 362 Å². The van der Waals surface area contributed by atoms with Gasteiger partial charge in [-0.1, -0.05) is 200 Å². The Morgan fingerprint density at radius 2 is 0.629 bits per heavy atom. The van der Waals surface area contributed by atoms with Crippen molar-refractivity contribution in [3.63, 3.8) is 0 Å². The van der Waals surface area contributed by atoms with Crippen molar-refractivity contribution in [1.29, 1.82) is 0 Å². The summed E-state index contributed by atoms with van der Waals surface area (Å²) < 4.78 is 6.16. The van der Waals surface area contributed by atoms with Crippen molar-refractivity contribution < 1.29 is 4.42 Å². The molecule has 11 rings (SSSR count). The molecule has 0 aliphatic rings. The van der Waals surface area contributed by atoms with Crippen LogP contribution in [0, 0.1) is 0 Å². The number of rotatable bonds is 9. The Bertz CT molecular complexity index is 3330. The summed E-state index contributed by atoms with van der Waals surface area (Å²) in [5.41, 5.74) is 19.2. The van der Waals surface area contributed by atoms with Crippen LogP contribution in [0.2, 0.25) is 0 Å². The lowest BCUT2D eigenvalue weighted by Crippen LogP contribution is -2.11. The van der Waals surface area contributed by atoms with E-state index in [1.807, 2.05) is 12.1 Å². The number of fused-ring (bicyclic) bond motifs is 3. The van der Waals surface area contributed by atoms with Crippen LogP contribution in [0.4, 0.5) is 17.1 Å². The maximum absolute atomic E-state index is 6.16. The van der Waals surface area contributed by atoms with Crippen LogP contribution in [-0.2, 0) is 0 Å². The lowest BCUT2D eigenvalue weighted by molar-refractivity contribution is 0.669. The first kappa shape index (κ1) is 36.8. The van der Waals surface area contributed by atoms with Gasteiger partial charge in [0.1, 0.15) is 11.2 Å². The first-order chi connectivity index (χ1) is 30.8. The number of furan rings is 1. The Morgan fingerprint density at radius 3 is 1.23 bits per heavy atom. The number of hydrogen-bond acceptors (Lipinski definition) is 2. The number of nitrogens with zero attached hydrogens (tertiary/aromatic N) is 1. The van der Waals surface area contributed by atoms with E-state index in [2.05, 4.69) is 241 Å². The summed E-state index contributed by atoms with van der Waals surface area (Å²) in [7, 11) is 0. The summed E-state index contributed by atoms with van der Waals surface area (Å²) in [6, 6.07) is 89.1. The van der Waals surface area contributed by atoms with Gasteiger partial charge in [-0.2, -0.15) is 0 Å². The summed E-state index contributed by atoms with van der Waals surface area (Å²) in [6.07, 6.45) is 0. The van der Waals surface area contributed by atoms with Crippen molar-refractivity contribution in [1.82, 2.24) is 0 Å². The number of para-hydroxylation sites is 2. The van der Waals surface area contributed by atoms with Gasteiger partial charge >= 0.3 is 0 Å². The van der Waals surface area contributed by atoms with Gasteiger partial charge in [0.05, 0.1) is 5.69 Å². The summed E-state index contributed by atoms with van der Waals surface area (Å²) >= 11 is 0. The van der Waals surface area contributed by atoms with E-state index in [1.54, 1.807) is 0 Å². The van der Waals surface area contributed by atoms with E-state index in [1.165, 1.54) is 50.1 Å². The minimum atomic E-state index is 0.899. The first-order valence-corrected chi connectivity index (χ1v) is 21.2. The Balaban J connectivity index is 1.05. The highest BCUT2D eigenvalue weighted by Crippen LogP contribution is 2.46. The van der Waals surface area contributed by atoms with Crippen LogP contribution in [0.25, 0.3) is 88.7 Å². The molecule has 62 heavy (non-hydrogen) atoms. The molecule has 0 saturated carbocycles. The fourth-order valence-corrected chi connectivity index (χ4v) is 8.97. The molecule has 0 unspecified atom stereocenters. The van der Waals surface area contributed by atoms with E-state index in [0.29, 0.717) is 0 Å². The molecule has 0 bridgehead atoms. The molecular formula is C60H41NO. The third kappa shape index (κ3) is 6.84. The maximum Gasteiger partial charge on any atom is 0.135 e. The van der Waals surface area contributed by atoms with E-state index < -0.39 is 0 Å². The smallest absolute Gasteiger partial charge is 0.135 e. The van der Waals surface area contributed by atoms with Crippen molar-refractivity contribution in [2.24, 2.45) is 0 Å². The number of benzene rings is 10. The van der Waals surface area contributed by atoms with Crippen molar-refractivity contribution in [2.75, 3.05) is 4.90 Å². The highest BCUT2D eigenvalue weighted by atomic mass is 16.3. The second-order valence-corrected chi connectivity index (χ2v) is 15.6. The molecule has 0 aliphatic heterocycles. The molecule has 11 aromatic rings. The summed E-state index contributed by atoms with van der Waals surface area (Å²) in [5.74, 6) is 0. The molecule has 0 fully saturated rings. The van der Waals surface area contributed by atoms with Crippen LogP contribution in [-0.4, -0.2) is 0 Å². The SMILES string of the molecule is c1ccc(-c2ccccc2-c2ccc(N(c3ccc(-c4ccc5oc6ccccc6c5c4)cc3)c3ccccc3-c3ccccc3-c3ccccc3-c3ccccc3)cc2)cc1. The molecule has 1 aromatic heterocycles. The lowest BCUT2D eigenvalue weighted by atomic mass is 9.88. The van der Waals surface area contributed by atoms with Gasteiger partial charge < -0.3 is 9.32 Å². The van der Waals surface area contributed by atoms with Gasteiger partial charge in [0, 0.05) is 27.7 Å². The van der Waals surface area contributed by atoms with Crippen molar-refractivity contribution in [2.45, 2.75) is 0 Å². The minimum absolute atomic E-state index is 0.899. The first-order valence-electron chi connectivity index (χ1n) is 21.2. The van der Waals surface area contributed by atoms with Gasteiger partial charge in [0.25, 0.3) is 0 Å². The average Bonchev–Trinajstić information content (AvgIpc) is 3.73. The molecule has 0 N–H and O–H groups in total. The molecule has 1 heterocycles. The maximum atomic E-state index is 6.16. The van der Waals surface area contributed by atoms with Crippen LogP contribution < -0.4 is 4.90 Å². The molecule has 0 saturated heterocycles. The lowest BCUT2D eigenvalue weighted by Gasteiger charge is -2.29. The van der Waals surface area contributed by atoms with Gasteiger partial charge in [-0.05, 0) is 110 Å². The monoisotopic (exact) mass is 791 g/mol. The van der Waals surface area contributed by atoms with Crippen LogP contribution in [0.1, 0.15) is 0 Å². The molecule has 0 aliphatic carbocycles. The molecule has 0 atom stereocenters. The largest absolute Gasteiger partial charge is 0.456 e. The van der Waals surface area contributed by atoms with Crippen LogP contribution in [0.3, 0.4) is 0 Å². The molecule has 10 aromatic carbocycles. The van der Waals surface area contributed by atoms with Gasteiger partial charge in [-0.3, -0.25) is 0 Å². The number of anilines is 3. The second-order valence-electron chi connectivity index (χ2n) is 15.6. The predicted molar refractivity (Wildman–Crippen MR) is 261 cm³/mol. The van der Waals surface area contributed by atoms with E-state index in [0.717, 1.165) is 55.7 Å². The molecular weight excluding hydrogens is 751 g/mol. The standard InChI is InChI=1S/C60H41NO/c1-3-17-43(18-4-1)49-21-7-8-22-50(49)45-33-38-48(39-34-45)61(47-36-31-42(32-37-47)46-35-40-60-57(41-46)56-28-14-16-30-59(56)62-60)58-29-15-13-27-55(58)54-26-12-11-25-53(54)52-24-10-9-23-51(52)44-19-5-2-6-20-44/h1-41H. The Morgan fingerprint density at radius 1 is 0.242 bits per heavy atom. The molecule has 2 nitrogen and oxygen atoms in total. The quantitative estimate of drug-likeness (QED) is 0.145. The highest BCUT2D eigenvalue weighted by Gasteiger charge is 2.21. The Hall–Kier alpha value is -8.20. The summed E-state index contributed by atoms with van der Waals surface area (Å²) in [4.78, 5) is 2.40. The third-order valence-electron chi connectivity index (χ3n) is 11.9. The van der Waals surface area contributed by atoms with E-state index in [9.17, 15) is 0 Å². The van der Waals surface area contributed by atoms with Gasteiger partial charge in [0.15, 0.2) is 0 Å². The zero-order valence-electron chi connectivity index (χ0n) is 34.0. The number of hydrogen-bond donors (Lipinski definition) is 0. The van der Waals surface area contributed by atoms with Gasteiger partial charge in [-0.15, -0.1) is 0 Å². The van der Waals surface area contributed by atoms with Crippen LogP contribution >= 0.6 is 0 Å². The normalized spacial score (nSPS) is 11.2. The summed E-state index contributed by atoms with van der Waals surface area (Å²) in [5, 5.41) is 2.25. The minimum Gasteiger partial charge on any atom is -0.456 e. The van der Waals surface area contributed by atoms with Crippen molar-refractivity contribution in [3.8, 4) is 66.8 Å². The zero-order chi connectivity index (χ0) is 41.2. The Kier molecular flexibility index (Phi) is 9.57. The van der Waals surface area contributed by atoms with Gasteiger partial charge in [-0.25, -0.2) is 0 Å².